The fraction of sp³-hybridized carbons (Fsp3) is 0.667. The van der Waals surface area contributed by atoms with E-state index >= 15 is 0 Å². The Kier molecular flexibility index (Phi) is 4.35. The first-order valence-corrected chi connectivity index (χ1v) is 7.68. The van der Waals surface area contributed by atoms with Crippen LogP contribution in [-0.4, -0.2) is 6.04 Å². The molecule has 1 aromatic carbocycles. The van der Waals surface area contributed by atoms with E-state index in [4.69, 9.17) is 0 Å². The number of nitrogens with one attached hydrogen (secondary N) is 1. The van der Waals surface area contributed by atoms with Gasteiger partial charge in [0.2, 0.25) is 0 Å². The van der Waals surface area contributed by atoms with Gasteiger partial charge in [-0.25, -0.2) is 0 Å². The third kappa shape index (κ3) is 4.07. The summed E-state index contributed by atoms with van der Waals surface area (Å²) in [4.78, 5) is 0. The molecule has 2 rings (SSSR count). The minimum absolute atomic E-state index is 0.451. The van der Waals surface area contributed by atoms with Crippen molar-refractivity contribution in [2.24, 2.45) is 11.3 Å². The van der Waals surface area contributed by atoms with Gasteiger partial charge in [0.25, 0.3) is 0 Å². The highest BCUT2D eigenvalue weighted by Gasteiger charge is 2.32. The molecule has 0 heterocycles. The Morgan fingerprint density at radius 3 is 2.37 bits per heavy atom. The average Bonchev–Trinajstić information content (AvgIpc) is 2.26. The normalized spacial score (nSPS) is 28.1. The molecule has 1 fully saturated rings. The number of benzene rings is 1. The predicted octanol–water partition coefficient (Wildman–Crippen LogP) is 4.86. The van der Waals surface area contributed by atoms with Gasteiger partial charge in [0, 0.05) is 12.1 Å². The lowest BCUT2D eigenvalue weighted by Crippen LogP contribution is -2.41. The molecule has 1 aromatic rings. The zero-order chi connectivity index (χ0) is 14.0. The summed E-state index contributed by atoms with van der Waals surface area (Å²) in [5, 5.41) is 3.84. The highest BCUT2D eigenvalue weighted by atomic mass is 14.9. The lowest BCUT2D eigenvalue weighted by atomic mass is 9.70. The van der Waals surface area contributed by atoms with Crippen LogP contribution < -0.4 is 5.32 Å². The Morgan fingerprint density at radius 1 is 1.16 bits per heavy atom. The summed E-state index contributed by atoms with van der Waals surface area (Å²) in [5.41, 5.74) is 3.23. The second kappa shape index (κ2) is 5.66. The van der Waals surface area contributed by atoms with Crippen molar-refractivity contribution in [2.75, 3.05) is 0 Å². The highest BCUT2D eigenvalue weighted by Crippen LogP contribution is 2.39. The Morgan fingerprint density at radius 2 is 1.79 bits per heavy atom. The van der Waals surface area contributed by atoms with Crippen LogP contribution in [0.25, 0.3) is 0 Å². The number of hydrogen-bond acceptors (Lipinski definition) is 1. The van der Waals surface area contributed by atoms with E-state index in [2.05, 4.69) is 64.2 Å². The molecule has 1 nitrogen and oxygen atoms in total. The minimum atomic E-state index is 0.451. The van der Waals surface area contributed by atoms with Gasteiger partial charge in [0.15, 0.2) is 0 Å². The second-order valence-electron chi connectivity index (χ2n) is 7.41. The van der Waals surface area contributed by atoms with E-state index in [0.29, 0.717) is 17.5 Å². The molecule has 0 amide bonds. The van der Waals surface area contributed by atoms with Crippen molar-refractivity contribution >= 4 is 0 Å². The molecule has 0 bridgehead atoms. The molecule has 1 aliphatic rings. The van der Waals surface area contributed by atoms with Gasteiger partial charge in [0.1, 0.15) is 0 Å². The van der Waals surface area contributed by atoms with Gasteiger partial charge < -0.3 is 5.32 Å². The maximum atomic E-state index is 3.84. The molecular weight excluding hydrogens is 230 g/mol. The van der Waals surface area contributed by atoms with Crippen LogP contribution in [0.15, 0.2) is 24.3 Å². The zero-order valence-corrected chi connectivity index (χ0v) is 13.2. The molecule has 0 aromatic heterocycles. The zero-order valence-electron chi connectivity index (χ0n) is 13.2. The second-order valence-corrected chi connectivity index (χ2v) is 7.41. The van der Waals surface area contributed by atoms with Crippen LogP contribution in [0, 0.1) is 18.3 Å². The average molecular weight is 259 g/mol. The molecule has 3 unspecified atom stereocenters. The summed E-state index contributed by atoms with van der Waals surface area (Å²) < 4.78 is 0. The SMILES string of the molecule is Cc1ccc(C(C)NC2CC(C)CC(C)(C)C2)cc1. The van der Waals surface area contributed by atoms with Crippen molar-refractivity contribution in [3.63, 3.8) is 0 Å². The van der Waals surface area contributed by atoms with Gasteiger partial charge in [-0.3, -0.25) is 0 Å². The van der Waals surface area contributed by atoms with Crippen molar-refractivity contribution in [1.82, 2.24) is 5.32 Å². The molecule has 0 radical (unpaired) electrons. The molecule has 3 atom stereocenters. The molecule has 0 aliphatic heterocycles. The predicted molar refractivity (Wildman–Crippen MR) is 83.3 cm³/mol. The summed E-state index contributed by atoms with van der Waals surface area (Å²) in [6.07, 6.45) is 3.98. The molecule has 0 spiro atoms. The van der Waals surface area contributed by atoms with Crippen molar-refractivity contribution in [1.29, 1.82) is 0 Å². The summed E-state index contributed by atoms with van der Waals surface area (Å²) in [5.74, 6) is 0.839. The first kappa shape index (κ1) is 14.6. The van der Waals surface area contributed by atoms with Gasteiger partial charge in [-0.1, -0.05) is 50.6 Å². The first-order valence-electron chi connectivity index (χ1n) is 7.68. The third-order valence-corrected chi connectivity index (χ3v) is 4.45. The third-order valence-electron chi connectivity index (χ3n) is 4.45. The Balaban J connectivity index is 1.98. The molecule has 1 N–H and O–H groups in total. The molecule has 19 heavy (non-hydrogen) atoms. The molecule has 106 valence electrons. The van der Waals surface area contributed by atoms with Crippen LogP contribution in [0.2, 0.25) is 0 Å². The van der Waals surface area contributed by atoms with Crippen LogP contribution >= 0.6 is 0 Å². The van der Waals surface area contributed by atoms with Gasteiger partial charge in [-0.15, -0.1) is 0 Å². The molecule has 1 saturated carbocycles. The van der Waals surface area contributed by atoms with Crippen LogP contribution in [0.5, 0.6) is 0 Å². The quantitative estimate of drug-likeness (QED) is 0.817. The van der Waals surface area contributed by atoms with Crippen molar-refractivity contribution in [3.8, 4) is 0 Å². The molecule has 1 heteroatoms. The van der Waals surface area contributed by atoms with E-state index in [9.17, 15) is 0 Å². The van der Waals surface area contributed by atoms with Crippen LogP contribution in [-0.2, 0) is 0 Å². The van der Waals surface area contributed by atoms with E-state index in [0.717, 1.165) is 5.92 Å². The Bertz CT molecular complexity index is 404. The van der Waals surface area contributed by atoms with E-state index in [1.807, 2.05) is 0 Å². The van der Waals surface area contributed by atoms with Crippen molar-refractivity contribution < 1.29 is 0 Å². The van der Waals surface area contributed by atoms with E-state index in [1.54, 1.807) is 0 Å². The fourth-order valence-electron chi connectivity index (χ4n) is 3.78. The maximum Gasteiger partial charge on any atom is 0.0294 e. The lowest BCUT2D eigenvalue weighted by molar-refractivity contribution is 0.145. The molecule has 0 saturated heterocycles. The van der Waals surface area contributed by atoms with Gasteiger partial charge in [-0.05, 0) is 50.0 Å². The monoisotopic (exact) mass is 259 g/mol. The van der Waals surface area contributed by atoms with Crippen LogP contribution in [0.3, 0.4) is 0 Å². The van der Waals surface area contributed by atoms with Gasteiger partial charge >= 0.3 is 0 Å². The standard InChI is InChI=1S/C18H29N/c1-13-6-8-16(9-7-13)15(3)19-17-10-14(2)11-18(4,5)12-17/h6-9,14-15,17,19H,10-12H2,1-5H3. The number of hydrogen-bond donors (Lipinski definition) is 1. The van der Waals surface area contributed by atoms with Crippen LogP contribution in [0.1, 0.15) is 64.1 Å². The summed E-state index contributed by atoms with van der Waals surface area (Å²) in [7, 11) is 0. The van der Waals surface area contributed by atoms with E-state index in [-0.39, 0.29) is 0 Å². The minimum Gasteiger partial charge on any atom is -0.307 e. The smallest absolute Gasteiger partial charge is 0.0294 e. The molecular formula is C18H29N. The largest absolute Gasteiger partial charge is 0.307 e. The maximum absolute atomic E-state index is 3.84. The summed E-state index contributed by atoms with van der Waals surface area (Å²) in [6, 6.07) is 10.0. The van der Waals surface area contributed by atoms with Crippen molar-refractivity contribution in [2.45, 2.75) is 66.0 Å². The van der Waals surface area contributed by atoms with Gasteiger partial charge in [0.05, 0.1) is 0 Å². The fourth-order valence-corrected chi connectivity index (χ4v) is 3.78. The Labute approximate surface area is 118 Å². The van der Waals surface area contributed by atoms with Gasteiger partial charge in [-0.2, -0.15) is 0 Å². The lowest BCUT2D eigenvalue weighted by Gasteiger charge is -2.40. The summed E-state index contributed by atoms with van der Waals surface area (Å²) in [6.45, 7) is 11.7. The topological polar surface area (TPSA) is 12.0 Å². The Hall–Kier alpha value is -0.820. The highest BCUT2D eigenvalue weighted by molar-refractivity contribution is 5.23. The number of rotatable bonds is 3. The van der Waals surface area contributed by atoms with Crippen LogP contribution in [0.4, 0.5) is 0 Å². The molecule has 1 aliphatic carbocycles. The first-order chi connectivity index (χ1) is 8.85. The van der Waals surface area contributed by atoms with E-state index < -0.39 is 0 Å². The van der Waals surface area contributed by atoms with Crippen molar-refractivity contribution in [3.05, 3.63) is 35.4 Å². The summed E-state index contributed by atoms with van der Waals surface area (Å²) >= 11 is 0. The van der Waals surface area contributed by atoms with E-state index in [1.165, 1.54) is 30.4 Å². The number of aryl methyl sites for hydroxylation is 1.